The molecule has 0 radical (unpaired) electrons. The van der Waals surface area contributed by atoms with Gasteiger partial charge in [-0.2, -0.15) is 0 Å². The number of nitrogens with zero attached hydrogens (tertiary/aromatic N) is 4. The average Bonchev–Trinajstić information content (AvgIpc) is 2.67. The van der Waals surface area contributed by atoms with Crippen molar-refractivity contribution in [3.05, 3.63) is 0 Å². The molecule has 2 fully saturated rings. The van der Waals surface area contributed by atoms with Gasteiger partial charge < -0.3 is 29.4 Å². The van der Waals surface area contributed by atoms with Crippen LogP contribution in [0.2, 0.25) is 0 Å². The molecule has 2 saturated heterocycles. The fourth-order valence-corrected chi connectivity index (χ4v) is 4.39. The monoisotopic (exact) mass is 414 g/mol. The molecule has 0 atom stereocenters. The van der Waals surface area contributed by atoms with Gasteiger partial charge in [-0.3, -0.25) is 18.9 Å². The van der Waals surface area contributed by atoms with Gasteiger partial charge in [0.2, 0.25) is 0 Å². The second-order valence-corrected chi connectivity index (χ2v) is 10.7. The highest BCUT2D eigenvalue weighted by Crippen LogP contribution is 2.34. The molecule has 10 nitrogen and oxygen atoms in total. The Kier molecular flexibility index (Phi) is 8.69. The van der Waals surface area contributed by atoms with Crippen molar-refractivity contribution >= 4 is 15.2 Å². The third kappa shape index (κ3) is 9.37. The van der Waals surface area contributed by atoms with Crippen molar-refractivity contribution in [2.24, 2.45) is 0 Å². The first-order valence-electron chi connectivity index (χ1n) is 9.09. The van der Waals surface area contributed by atoms with Crippen molar-refractivity contribution in [1.82, 2.24) is 19.6 Å². The summed E-state index contributed by atoms with van der Waals surface area (Å²) < 4.78 is 22.3. The van der Waals surface area contributed by atoms with E-state index in [-0.39, 0.29) is 12.3 Å². The molecule has 26 heavy (non-hydrogen) atoms. The summed E-state index contributed by atoms with van der Waals surface area (Å²) in [6.07, 6.45) is -0.216. The van der Waals surface area contributed by atoms with Crippen LogP contribution in [0.25, 0.3) is 0 Å². The van der Waals surface area contributed by atoms with Crippen LogP contribution in [-0.2, 0) is 9.13 Å². The summed E-state index contributed by atoms with van der Waals surface area (Å²) in [6, 6.07) is 0. The fourth-order valence-electron chi connectivity index (χ4n) is 3.30. The number of hydrogen-bond acceptors (Lipinski definition) is 6. The van der Waals surface area contributed by atoms with E-state index in [4.69, 9.17) is 19.6 Å². The summed E-state index contributed by atoms with van der Waals surface area (Å²) in [5, 5.41) is 0. The van der Waals surface area contributed by atoms with E-state index >= 15 is 0 Å². The molecule has 2 heterocycles. The van der Waals surface area contributed by atoms with Crippen LogP contribution < -0.4 is 0 Å². The standard InChI is InChI=1S/C14H32N4O6P2/c19-25(20,21)13-11-17-7-3-15-1-2-16(5-9-17)6-10-18(8-4-15)12-14-26(22,23)24/h1-14H2,(H2,19,20,21)(H2,22,23,24). The van der Waals surface area contributed by atoms with Crippen molar-refractivity contribution in [1.29, 1.82) is 0 Å². The molecule has 0 aromatic heterocycles. The van der Waals surface area contributed by atoms with Gasteiger partial charge in [-0.25, -0.2) is 0 Å². The molecule has 0 unspecified atom stereocenters. The average molecular weight is 414 g/mol. The lowest BCUT2D eigenvalue weighted by Gasteiger charge is -2.30. The molecular formula is C14H32N4O6P2. The van der Waals surface area contributed by atoms with E-state index in [0.29, 0.717) is 13.1 Å². The lowest BCUT2D eigenvalue weighted by atomic mass is 10.3. The predicted octanol–water partition coefficient (Wildman–Crippen LogP) is -1.42. The largest absolute Gasteiger partial charge is 0.326 e. The molecule has 154 valence electrons. The van der Waals surface area contributed by atoms with Gasteiger partial charge in [0.05, 0.1) is 12.3 Å². The lowest BCUT2D eigenvalue weighted by molar-refractivity contribution is 0.181. The van der Waals surface area contributed by atoms with Gasteiger partial charge in [-0.15, -0.1) is 0 Å². The van der Waals surface area contributed by atoms with E-state index in [2.05, 4.69) is 19.6 Å². The van der Waals surface area contributed by atoms with Crippen LogP contribution >= 0.6 is 15.2 Å². The second kappa shape index (κ2) is 10.1. The zero-order valence-corrected chi connectivity index (χ0v) is 17.0. The first-order chi connectivity index (χ1) is 12.1. The highest BCUT2D eigenvalue weighted by atomic mass is 31.2. The zero-order chi connectivity index (χ0) is 19.2. The molecule has 2 aliphatic heterocycles. The molecule has 12 heteroatoms. The van der Waals surface area contributed by atoms with Crippen molar-refractivity contribution < 1.29 is 28.7 Å². The maximum absolute atomic E-state index is 11.1. The SMILES string of the molecule is O=P(O)(O)CCN1CCN2CCN(CC1)CCN(CCP(=O)(O)O)CC2. The molecule has 0 amide bonds. The van der Waals surface area contributed by atoms with Crippen LogP contribution in [0.15, 0.2) is 0 Å². The first-order valence-corrected chi connectivity index (χ1v) is 12.7. The van der Waals surface area contributed by atoms with Crippen LogP contribution in [0, 0.1) is 0 Å². The minimum atomic E-state index is -3.98. The highest BCUT2D eigenvalue weighted by molar-refractivity contribution is 7.52. The Morgan fingerprint density at radius 3 is 1.08 bits per heavy atom. The Bertz CT molecular complexity index is 466. The maximum atomic E-state index is 11.1. The third-order valence-electron chi connectivity index (χ3n) is 5.08. The molecule has 0 saturated carbocycles. The third-order valence-corrected chi connectivity index (χ3v) is 6.64. The number of fused-ring (bicyclic) bond motifs is 3. The summed E-state index contributed by atoms with van der Waals surface area (Å²) in [7, 11) is -7.95. The van der Waals surface area contributed by atoms with Gasteiger partial charge in [0.15, 0.2) is 0 Å². The highest BCUT2D eigenvalue weighted by Gasteiger charge is 2.23. The molecule has 2 bridgehead atoms. The van der Waals surface area contributed by atoms with Crippen LogP contribution in [0.5, 0.6) is 0 Å². The van der Waals surface area contributed by atoms with Crippen LogP contribution in [0.1, 0.15) is 0 Å². The van der Waals surface area contributed by atoms with Crippen molar-refractivity contribution in [2.45, 2.75) is 0 Å². The summed E-state index contributed by atoms with van der Waals surface area (Å²) in [5.41, 5.74) is 0. The molecule has 0 aliphatic carbocycles. The first kappa shape index (κ1) is 22.4. The molecule has 0 spiro atoms. The van der Waals surface area contributed by atoms with Crippen LogP contribution in [0.3, 0.4) is 0 Å². The van der Waals surface area contributed by atoms with Crippen LogP contribution in [0.4, 0.5) is 0 Å². The van der Waals surface area contributed by atoms with Gasteiger partial charge in [0.1, 0.15) is 0 Å². The minimum absolute atomic E-state index is 0.108. The van der Waals surface area contributed by atoms with E-state index in [1.165, 1.54) is 0 Å². The Hall–Kier alpha value is 0.140. The van der Waals surface area contributed by atoms with Crippen molar-refractivity contribution in [2.75, 3.05) is 90.9 Å². The van der Waals surface area contributed by atoms with Gasteiger partial charge in [-0.05, 0) is 0 Å². The minimum Gasteiger partial charge on any atom is -0.324 e. The predicted molar refractivity (Wildman–Crippen MR) is 99.6 cm³/mol. The quantitative estimate of drug-likeness (QED) is 0.384. The molecule has 2 rings (SSSR count). The maximum Gasteiger partial charge on any atom is 0.326 e. The Balaban J connectivity index is 1.92. The molecule has 0 aromatic rings. The summed E-state index contributed by atoms with van der Waals surface area (Å²) in [5.74, 6) is 0. The topological polar surface area (TPSA) is 128 Å². The van der Waals surface area contributed by atoms with E-state index in [1.54, 1.807) is 0 Å². The number of hydrogen-bond donors (Lipinski definition) is 4. The molecular weight excluding hydrogens is 382 g/mol. The Morgan fingerprint density at radius 1 is 0.538 bits per heavy atom. The van der Waals surface area contributed by atoms with Crippen LogP contribution in [-0.4, -0.2) is 130 Å². The molecule has 2 aliphatic rings. The van der Waals surface area contributed by atoms with E-state index in [1.807, 2.05) is 0 Å². The van der Waals surface area contributed by atoms with Crippen molar-refractivity contribution in [3.63, 3.8) is 0 Å². The Labute approximate surface area is 155 Å². The van der Waals surface area contributed by atoms with Gasteiger partial charge in [0, 0.05) is 78.5 Å². The van der Waals surface area contributed by atoms with Gasteiger partial charge in [-0.1, -0.05) is 0 Å². The van der Waals surface area contributed by atoms with E-state index in [9.17, 15) is 9.13 Å². The van der Waals surface area contributed by atoms with Gasteiger partial charge in [0.25, 0.3) is 0 Å². The fraction of sp³-hybridized carbons (Fsp3) is 1.00. The molecule has 0 aromatic carbocycles. The normalized spacial score (nSPS) is 27.8. The Morgan fingerprint density at radius 2 is 0.808 bits per heavy atom. The second-order valence-electron chi connectivity index (χ2n) is 7.14. The zero-order valence-electron chi connectivity index (χ0n) is 15.2. The molecule has 4 N–H and O–H groups in total. The van der Waals surface area contributed by atoms with E-state index < -0.39 is 15.2 Å². The summed E-state index contributed by atoms with van der Waals surface area (Å²) in [6.45, 7) is 9.13. The summed E-state index contributed by atoms with van der Waals surface area (Å²) in [4.78, 5) is 45.4. The van der Waals surface area contributed by atoms with E-state index in [0.717, 1.165) is 65.4 Å². The number of rotatable bonds is 6. The van der Waals surface area contributed by atoms with Gasteiger partial charge >= 0.3 is 15.2 Å². The van der Waals surface area contributed by atoms with Crippen molar-refractivity contribution in [3.8, 4) is 0 Å². The lowest BCUT2D eigenvalue weighted by Crippen LogP contribution is -2.43. The summed E-state index contributed by atoms with van der Waals surface area (Å²) >= 11 is 0. The smallest absolute Gasteiger partial charge is 0.324 e.